The number of ether oxygens (including phenoxy) is 4. The summed E-state index contributed by atoms with van der Waals surface area (Å²) in [6.45, 7) is 0. The normalized spacial score (nSPS) is 10.3. The van der Waals surface area contributed by atoms with Gasteiger partial charge in [-0.1, -0.05) is 24.0 Å². The van der Waals surface area contributed by atoms with Gasteiger partial charge in [-0.3, -0.25) is 4.31 Å². The Morgan fingerprint density at radius 2 is 1.19 bits per heavy atom. The van der Waals surface area contributed by atoms with Crippen LogP contribution >= 0.6 is 15.6 Å². The average Bonchev–Trinajstić information content (AvgIpc) is 2.71. The van der Waals surface area contributed by atoms with E-state index in [2.05, 4.69) is 4.31 Å². The number of hydrogen-bond donors (Lipinski definition) is 2. The van der Waals surface area contributed by atoms with Crippen molar-refractivity contribution in [2.45, 2.75) is 0 Å². The molecule has 0 aliphatic carbocycles. The van der Waals surface area contributed by atoms with Crippen LogP contribution in [0.3, 0.4) is 0 Å². The van der Waals surface area contributed by atoms with Crippen LogP contribution in [0.1, 0.15) is 11.1 Å². The van der Waals surface area contributed by atoms with Crippen LogP contribution in [0.5, 0.6) is 34.5 Å². The van der Waals surface area contributed by atoms with Gasteiger partial charge in [-0.25, -0.2) is 4.57 Å². The quantitative estimate of drug-likeness (QED) is 0.164. The summed E-state index contributed by atoms with van der Waals surface area (Å²) in [5.41, 5.74) is 1.00. The van der Waals surface area contributed by atoms with Crippen LogP contribution in [0.2, 0.25) is 0 Å². The summed E-state index contributed by atoms with van der Waals surface area (Å²) in [4.78, 5) is 34.1. The third-order valence-electron chi connectivity index (χ3n) is 3.68. The molecule has 0 spiro atoms. The van der Waals surface area contributed by atoms with E-state index < -0.39 is 27.1 Å². The molecule has 13 nitrogen and oxygen atoms in total. The van der Waals surface area contributed by atoms with E-state index in [1.165, 1.54) is 40.6 Å². The molecular formula is C18H20Na4O13P2. The molecule has 2 rings (SSSR count). The van der Waals surface area contributed by atoms with Crippen LogP contribution < -0.4 is 157 Å². The molecule has 0 atom stereocenters. The predicted molar refractivity (Wildman–Crippen MR) is 108 cm³/mol. The molecule has 2 N–H and O–H groups in total. The third kappa shape index (κ3) is 16.3. The van der Waals surface area contributed by atoms with Gasteiger partial charge in [-0.2, -0.15) is 0 Å². The molecule has 184 valence electrons. The summed E-state index contributed by atoms with van der Waals surface area (Å²) >= 11 is 0. The summed E-state index contributed by atoms with van der Waals surface area (Å²) in [5, 5.41) is 23.8. The van der Waals surface area contributed by atoms with Crippen molar-refractivity contribution in [1.29, 1.82) is 0 Å². The van der Waals surface area contributed by atoms with Crippen LogP contribution in [-0.2, 0) is 13.4 Å². The van der Waals surface area contributed by atoms with E-state index in [-0.39, 0.29) is 130 Å². The van der Waals surface area contributed by atoms with Gasteiger partial charge >= 0.3 is 126 Å². The van der Waals surface area contributed by atoms with Gasteiger partial charge in [0, 0.05) is 0 Å². The first kappa shape index (κ1) is 45.2. The van der Waals surface area contributed by atoms with Crippen molar-refractivity contribution in [3.05, 3.63) is 35.4 Å². The number of methoxy groups -OCH3 is 4. The second-order valence-electron chi connectivity index (χ2n) is 5.83. The minimum Gasteiger partial charge on any atom is -0.872 e. The van der Waals surface area contributed by atoms with Crippen molar-refractivity contribution >= 4 is 27.8 Å². The molecular weight excluding hydrogens is 578 g/mol. The molecule has 0 bridgehead atoms. The first-order valence-corrected chi connectivity index (χ1v) is 11.6. The van der Waals surface area contributed by atoms with E-state index in [9.17, 15) is 29.1 Å². The number of hydrogen-bond acceptors (Lipinski definition) is 11. The largest absolute Gasteiger partial charge is 1.00 e. The van der Waals surface area contributed by atoms with Gasteiger partial charge in [0.15, 0.2) is 11.5 Å². The van der Waals surface area contributed by atoms with Crippen LogP contribution in [0.25, 0.3) is 12.2 Å². The number of benzene rings is 2. The number of phosphoric acid groups is 2. The molecule has 0 aliphatic rings. The van der Waals surface area contributed by atoms with Crippen molar-refractivity contribution < 1.29 is 180 Å². The fraction of sp³-hybridized carbons (Fsp3) is 0.222. The molecule has 0 heterocycles. The molecule has 0 aromatic heterocycles. The Morgan fingerprint density at radius 1 is 0.730 bits per heavy atom. The Labute approximate surface area is 302 Å². The van der Waals surface area contributed by atoms with Crippen LogP contribution in [0.4, 0.5) is 0 Å². The fourth-order valence-electron chi connectivity index (χ4n) is 2.37. The Hall–Kier alpha value is 1.24. The van der Waals surface area contributed by atoms with Crippen LogP contribution in [0, 0.1) is 0 Å². The zero-order valence-electron chi connectivity index (χ0n) is 21.7. The minimum atomic E-state index is -5.55. The summed E-state index contributed by atoms with van der Waals surface area (Å²) in [6.07, 6.45) is 3.25. The molecule has 2 aromatic rings. The van der Waals surface area contributed by atoms with E-state index in [0.29, 0.717) is 17.2 Å². The van der Waals surface area contributed by atoms with Gasteiger partial charge < -0.3 is 53.3 Å². The summed E-state index contributed by atoms with van der Waals surface area (Å²) in [6, 6.07) is 6.49. The van der Waals surface area contributed by atoms with Gasteiger partial charge in [0.25, 0.3) is 0 Å². The van der Waals surface area contributed by atoms with E-state index in [1.54, 1.807) is 24.3 Å². The Kier molecular flexibility index (Phi) is 25.7. The zero-order valence-corrected chi connectivity index (χ0v) is 31.5. The van der Waals surface area contributed by atoms with Crippen molar-refractivity contribution in [2.75, 3.05) is 28.4 Å². The first-order valence-electron chi connectivity index (χ1n) is 8.58. The van der Waals surface area contributed by atoms with Crippen molar-refractivity contribution in [3.63, 3.8) is 0 Å². The molecule has 0 aliphatic heterocycles. The molecule has 0 amide bonds. The monoisotopic (exact) mass is 598 g/mol. The first-order chi connectivity index (χ1) is 15.3. The van der Waals surface area contributed by atoms with Crippen molar-refractivity contribution in [1.82, 2.24) is 0 Å². The van der Waals surface area contributed by atoms with Gasteiger partial charge in [-0.15, -0.1) is 5.75 Å². The molecule has 0 unspecified atom stereocenters. The molecule has 37 heavy (non-hydrogen) atoms. The maximum atomic E-state index is 12.0. The predicted octanol–water partition coefficient (Wildman–Crippen LogP) is -12.0. The Balaban J connectivity index is -0.000000364. The van der Waals surface area contributed by atoms with E-state index in [0.717, 1.165) is 5.56 Å². The second-order valence-corrected chi connectivity index (χ2v) is 8.36. The molecule has 19 heteroatoms. The fourth-order valence-corrected chi connectivity index (χ4v) is 3.41. The van der Waals surface area contributed by atoms with Gasteiger partial charge in [-0.05, 0) is 29.3 Å². The third-order valence-corrected chi connectivity index (χ3v) is 5.33. The molecule has 0 saturated carbocycles. The second kappa shape index (κ2) is 21.0. The summed E-state index contributed by atoms with van der Waals surface area (Å²) in [5.74, 6) is 0.233. The van der Waals surface area contributed by atoms with Gasteiger partial charge in [0.1, 0.15) is 5.75 Å². The maximum Gasteiger partial charge on any atom is 1.00 e. The van der Waals surface area contributed by atoms with Crippen LogP contribution in [-0.4, -0.2) is 38.2 Å². The van der Waals surface area contributed by atoms with Crippen molar-refractivity contribution in [3.8, 4) is 34.5 Å². The summed E-state index contributed by atoms with van der Waals surface area (Å²) in [7, 11) is -4.81. The van der Waals surface area contributed by atoms with Crippen molar-refractivity contribution in [2.24, 2.45) is 0 Å². The summed E-state index contributed by atoms with van der Waals surface area (Å²) < 4.78 is 42.3. The minimum absolute atomic E-state index is 0. The average molecular weight is 598 g/mol. The topological polar surface area (TPSA) is 213 Å². The van der Waals surface area contributed by atoms with Gasteiger partial charge in [0.05, 0.1) is 36.3 Å². The zero-order chi connectivity index (χ0) is 25.4. The SMILES string of the molecule is COc1ccc(/C=C\c2cc(OC)c(OC)c(OC)c2)c([O-])c1[O-].O=P([O-])([O-])OP(=O)(O)O.[Na+].[Na+].[Na+].[Na+]. The Bertz CT molecular complexity index is 1040. The number of rotatable bonds is 8. The maximum absolute atomic E-state index is 12.0. The molecule has 0 fully saturated rings. The van der Waals surface area contributed by atoms with E-state index in [1.807, 2.05) is 0 Å². The smallest absolute Gasteiger partial charge is 0.872 e. The van der Waals surface area contributed by atoms with Gasteiger partial charge in [0.2, 0.25) is 5.75 Å². The standard InChI is InChI=1S/C18H20O6.4Na.H4O7P2/c1-21-13-8-7-12(16(19)17(13)20)6-5-11-9-14(22-2)18(24-4)15(10-11)23-3;;;;;1-8(2,3)7-9(4,5)6/h5-10,19-20H,1-4H3;;;;;(H2,1,2,3)(H2,4,5,6)/q;4*+1;/p-4/b6-5-;;;;;. The van der Waals surface area contributed by atoms with Crippen LogP contribution in [0.15, 0.2) is 24.3 Å². The molecule has 0 saturated heterocycles. The molecule has 0 radical (unpaired) electrons. The van der Waals surface area contributed by atoms with E-state index >= 15 is 0 Å². The molecule has 2 aromatic carbocycles. The van der Waals surface area contributed by atoms with E-state index in [4.69, 9.17) is 28.7 Å². The Morgan fingerprint density at radius 3 is 1.51 bits per heavy atom.